The first-order valence-electron chi connectivity index (χ1n) is 8.36. The first-order valence-corrected chi connectivity index (χ1v) is 14.7. The Morgan fingerprint density at radius 1 is 0.594 bits per heavy atom. The molecule has 0 fully saturated rings. The van der Waals surface area contributed by atoms with E-state index in [1.807, 2.05) is 12.1 Å². The Labute approximate surface area is 251 Å². The maximum atomic E-state index is 13.8. The monoisotopic (exact) mass is 939 g/mol. The molecule has 0 aliphatic heterocycles. The van der Waals surface area contributed by atoms with Gasteiger partial charge in [0.25, 0.3) is 5.91 Å². The number of anilines is 2. The van der Waals surface area contributed by atoms with Crippen molar-refractivity contribution in [1.29, 1.82) is 0 Å². The Morgan fingerprint density at radius 2 is 0.969 bits per heavy atom. The van der Waals surface area contributed by atoms with Crippen LogP contribution < -0.4 is 10.6 Å². The minimum Gasteiger partial charge on any atom is -0.366 e. The molecule has 32 heavy (non-hydrogen) atoms. The molecule has 0 bridgehead atoms. The van der Waals surface area contributed by atoms with Crippen molar-refractivity contribution in [2.45, 2.75) is 0 Å². The van der Waals surface area contributed by atoms with Gasteiger partial charge in [-0.05, 0) is 164 Å². The molecule has 0 aliphatic rings. The van der Waals surface area contributed by atoms with Crippen molar-refractivity contribution >= 4 is 151 Å². The van der Waals surface area contributed by atoms with Gasteiger partial charge in [-0.3, -0.25) is 14.5 Å². The maximum Gasteiger partial charge on any atom is 0.262 e. The molecule has 0 atom stereocenters. The van der Waals surface area contributed by atoms with Crippen LogP contribution in [0.5, 0.6) is 0 Å². The third-order valence-electron chi connectivity index (χ3n) is 4.27. The molecule has 0 spiro atoms. The van der Waals surface area contributed by atoms with E-state index in [2.05, 4.69) is 127 Å². The molecule has 0 unspecified atom stereocenters. The summed E-state index contributed by atoms with van der Waals surface area (Å²) in [6.45, 7) is 0. The Morgan fingerprint density at radius 3 is 1.34 bits per heavy atom. The van der Waals surface area contributed by atoms with Crippen molar-refractivity contribution in [2.24, 2.45) is 5.73 Å². The van der Waals surface area contributed by atoms with E-state index in [-0.39, 0.29) is 5.91 Å². The van der Waals surface area contributed by atoms with Gasteiger partial charge in [0.15, 0.2) is 0 Å². The van der Waals surface area contributed by atoms with Gasteiger partial charge in [-0.15, -0.1) is 0 Å². The summed E-state index contributed by atoms with van der Waals surface area (Å²) < 4.78 is 5.87. The Balaban J connectivity index is 2.31. The first-order chi connectivity index (χ1) is 15.0. The van der Waals surface area contributed by atoms with E-state index >= 15 is 0 Å². The van der Waals surface area contributed by atoms with Crippen LogP contribution in [0.1, 0.15) is 20.7 Å². The average molecular weight is 948 g/mol. The number of nitrogens with two attached hydrogens (primary N) is 1. The van der Waals surface area contributed by atoms with Crippen LogP contribution in [0.2, 0.25) is 0 Å². The molecule has 0 aliphatic carbocycles. The van der Waals surface area contributed by atoms with E-state index in [1.165, 1.54) is 12.1 Å². The van der Waals surface area contributed by atoms with Crippen LogP contribution in [0.3, 0.4) is 0 Å². The zero-order chi connectivity index (χ0) is 23.9. The molecule has 0 saturated carbocycles. The molecule has 2 amide bonds. The van der Waals surface area contributed by atoms with Gasteiger partial charge >= 0.3 is 0 Å². The predicted octanol–water partition coefficient (Wildman–Crippen LogP) is 9.86. The summed E-state index contributed by atoms with van der Waals surface area (Å²) in [5, 5.41) is 0. The van der Waals surface area contributed by atoms with Crippen molar-refractivity contribution < 1.29 is 9.59 Å². The first kappa shape index (κ1) is 27.0. The fraction of sp³-hybridized carbons (Fsp3) is 0. The fourth-order valence-corrected chi connectivity index (χ4v) is 7.03. The summed E-state index contributed by atoms with van der Waals surface area (Å²) in [4.78, 5) is 26.8. The van der Waals surface area contributed by atoms with Gasteiger partial charge in [0.05, 0.1) is 20.3 Å². The zero-order valence-corrected chi connectivity index (χ0v) is 28.0. The molecule has 166 valence electrons. The van der Waals surface area contributed by atoms with Gasteiger partial charge in [0, 0.05) is 38.0 Å². The van der Waals surface area contributed by atoms with Crippen LogP contribution in [0.15, 0.2) is 72.2 Å². The second-order valence-electron chi connectivity index (χ2n) is 6.22. The zero-order valence-electron chi connectivity index (χ0n) is 15.3. The number of hydrogen-bond acceptors (Lipinski definition) is 2. The minimum atomic E-state index is -0.562. The highest BCUT2D eigenvalue weighted by molar-refractivity contribution is 9.15. The number of carbonyl (C=O) groups is 2. The lowest BCUT2D eigenvalue weighted by molar-refractivity contribution is 0.0988. The topological polar surface area (TPSA) is 63.4 Å². The van der Waals surface area contributed by atoms with Crippen LogP contribution in [0, 0.1) is 0 Å². The van der Waals surface area contributed by atoms with Gasteiger partial charge in [-0.1, -0.05) is 0 Å². The molecule has 4 nitrogen and oxygen atoms in total. The second-order valence-corrected chi connectivity index (χ2v) is 12.7. The largest absolute Gasteiger partial charge is 0.366 e. The summed E-state index contributed by atoms with van der Waals surface area (Å²) in [7, 11) is 0. The summed E-state index contributed by atoms with van der Waals surface area (Å²) in [5.74, 6) is -0.877. The van der Waals surface area contributed by atoms with Crippen LogP contribution in [0.4, 0.5) is 11.4 Å². The number of nitrogens with zero attached hydrogens (tertiary/aromatic N) is 1. The van der Waals surface area contributed by atoms with Crippen LogP contribution in [-0.4, -0.2) is 11.8 Å². The van der Waals surface area contributed by atoms with Crippen molar-refractivity contribution in [3.63, 3.8) is 0 Å². The molecular formula is C20H8Br8N2O2. The molecule has 0 aromatic heterocycles. The van der Waals surface area contributed by atoms with Crippen molar-refractivity contribution in [2.75, 3.05) is 4.90 Å². The summed E-state index contributed by atoms with van der Waals surface area (Å²) in [5.41, 5.74) is 7.20. The van der Waals surface area contributed by atoms with E-state index in [9.17, 15) is 9.59 Å². The number of hydrogen-bond donors (Lipinski definition) is 1. The number of halogens is 8. The number of benzene rings is 3. The van der Waals surface area contributed by atoms with E-state index in [4.69, 9.17) is 5.73 Å². The number of primary amides is 1. The Hall–Kier alpha value is 0.440. The highest BCUT2D eigenvalue weighted by Gasteiger charge is 2.28. The van der Waals surface area contributed by atoms with Crippen LogP contribution >= 0.6 is 127 Å². The molecule has 3 aromatic carbocycles. The van der Waals surface area contributed by atoms with Crippen molar-refractivity contribution in [1.82, 2.24) is 0 Å². The van der Waals surface area contributed by atoms with E-state index in [0.29, 0.717) is 31.4 Å². The van der Waals surface area contributed by atoms with Crippen LogP contribution in [0.25, 0.3) is 0 Å². The van der Waals surface area contributed by atoms with Gasteiger partial charge in [0.1, 0.15) is 0 Å². The standard InChI is InChI=1S/C20H8Br8N2O2/c21-9-5-11(15(25)17(27)13(9)23)30(12-6-10(22)14(24)18(28)16(12)26)20(32)8-3-1-7(2-4-8)19(29)31/h1-6H,(H2,29,31). The highest BCUT2D eigenvalue weighted by Crippen LogP contribution is 2.49. The molecule has 0 saturated heterocycles. The Kier molecular flexibility index (Phi) is 9.30. The van der Waals surface area contributed by atoms with Gasteiger partial charge in [0.2, 0.25) is 5.91 Å². The van der Waals surface area contributed by atoms with E-state index in [0.717, 1.165) is 26.8 Å². The molecular weight excluding hydrogens is 939 g/mol. The maximum absolute atomic E-state index is 13.8. The minimum absolute atomic E-state index is 0.315. The lowest BCUT2D eigenvalue weighted by Gasteiger charge is -2.27. The third kappa shape index (κ3) is 5.32. The van der Waals surface area contributed by atoms with E-state index in [1.54, 1.807) is 17.0 Å². The van der Waals surface area contributed by atoms with E-state index < -0.39 is 5.91 Å². The third-order valence-corrected chi connectivity index (χ3v) is 13.6. The van der Waals surface area contributed by atoms with Gasteiger partial charge in [-0.25, -0.2) is 0 Å². The molecule has 3 aromatic rings. The number of carbonyl (C=O) groups excluding carboxylic acids is 2. The Bertz CT molecular complexity index is 1200. The molecule has 12 heteroatoms. The summed E-state index contributed by atoms with van der Waals surface area (Å²) in [6, 6.07) is 9.85. The molecule has 2 N–H and O–H groups in total. The van der Waals surface area contributed by atoms with Crippen molar-refractivity contribution in [3.05, 3.63) is 83.3 Å². The lowest BCUT2D eigenvalue weighted by Crippen LogP contribution is -2.27. The fourth-order valence-electron chi connectivity index (χ4n) is 2.70. The molecule has 0 heterocycles. The normalized spacial score (nSPS) is 10.9. The SMILES string of the molecule is NC(=O)c1ccc(C(=O)N(c2cc(Br)c(Br)c(Br)c2Br)c2cc(Br)c(Br)c(Br)c2Br)cc1. The molecule has 0 radical (unpaired) electrons. The average Bonchev–Trinajstić information content (AvgIpc) is 2.77. The van der Waals surface area contributed by atoms with Gasteiger partial charge < -0.3 is 5.73 Å². The van der Waals surface area contributed by atoms with Crippen LogP contribution in [-0.2, 0) is 0 Å². The lowest BCUT2D eigenvalue weighted by atomic mass is 10.1. The van der Waals surface area contributed by atoms with Gasteiger partial charge in [-0.2, -0.15) is 0 Å². The molecule has 3 rings (SSSR count). The summed E-state index contributed by atoms with van der Waals surface area (Å²) in [6.07, 6.45) is 0. The highest BCUT2D eigenvalue weighted by atomic mass is 79.9. The number of rotatable bonds is 4. The number of amides is 2. The summed E-state index contributed by atoms with van der Waals surface area (Å²) >= 11 is 28.5. The van der Waals surface area contributed by atoms with Crippen molar-refractivity contribution in [3.8, 4) is 0 Å². The smallest absolute Gasteiger partial charge is 0.262 e. The predicted molar refractivity (Wildman–Crippen MR) is 156 cm³/mol. The quantitative estimate of drug-likeness (QED) is 0.209. The second kappa shape index (κ2) is 11.0.